The molecule has 0 unspecified atom stereocenters. The molecule has 1 aromatic carbocycles. The van der Waals surface area contributed by atoms with E-state index in [1.165, 1.54) is 11.1 Å². The van der Waals surface area contributed by atoms with Gasteiger partial charge in [-0.3, -0.25) is 4.90 Å². The van der Waals surface area contributed by atoms with Gasteiger partial charge in [-0.2, -0.15) is 0 Å². The highest BCUT2D eigenvalue weighted by molar-refractivity contribution is 5.22. The molecule has 0 bridgehead atoms. The van der Waals surface area contributed by atoms with E-state index in [2.05, 4.69) is 55.3 Å². The second-order valence-electron chi connectivity index (χ2n) is 5.73. The average molecular weight is 286 g/mol. The smallest absolute Gasteiger partial charge is 0.117 e. The molecule has 1 N–H and O–H groups in total. The third-order valence-corrected chi connectivity index (χ3v) is 3.55. The molecular formula is C18H26N2O. The van der Waals surface area contributed by atoms with Crippen LogP contribution in [-0.2, 0) is 19.6 Å². The van der Waals surface area contributed by atoms with Gasteiger partial charge in [-0.25, -0.2) is 0 Å². The highest BCUT2D eigenvalue weighted by Crippen LogP contribution is 2.11. The summed E-state index contributed by atoms with van der Waals surface area (Å²) in [5, 5.41) is 3.44. The summed E-state index contributed by atoms with van der Waals surface area (Å²) in [6.07, 6.45) is 1.74. The lowest BCUT2D eigenvalue weighted by molar-refractivity contribution is 0.248. The highest BCUT2D eigenvalue weighted by Gasteiger charge is 2.07. The van der Waals surface area contributed by atoms with E-state index in [0.717, 1.165) is 31.9 Å². The monoisotopic (exact) mass is 286 g/mol. The summed E-state index contributed by atoms with van der Waals surface area (Å²) in [6.45, 7) is 10.3. The first-order valence-corrected chi connectivity index (χ1v) is 7.73. The van der Waals surface area contributed by atoms with Crippen molar-refractivity contribution in [3.63, 3.8) is 0 Å². The van der Waals surface area contributed by atoms with Gasteiger partial charge in [-0.15, -0.1) is 0 Å². The van der Waals surface area contributed by atoms with Gasteiger partial charge in [0.15, 0.2) is 0 Å². The van der Waals surface area contributed by atoms with Gasteiger partial charge in [0.1, 0.15) is 5.76 Å². The van der Waals surface area contributed by atoms with Crippen LogP contribution in [0.4, 0.5) is 0 Å². The van der Waals surface area contributed by atoms with Crippen molar-refractivity contribution in [2.45, 2.75) is 46.4 Å². The topological polar surface area (TPSA) is 28.4 Å². The molecule has 0 fully saturated rings. The van der Waals surface area contributed by atoms with Crippen LogP contribution in [-0.4, -0.2) is 17.5 Å². The third kappa shape index (κ3) is 5.37. The van der Waals surface area contributed by atoms with Gasteiger partial charge in [-0.05, 0) is 29.8 Å². The van der Waals surface area contributed by atoms with Crippen LogP contribution in [0.1, 0.15) is 37.7 Å². The number of furan rings is 1. The van der Waals surface area contributed by atoms with E-state index in [0.29, 0.717) is 6.04 Å². The van der Waals surface area contributed by atoms with E-state index in [1.54, 1.807) is 6.26 Å². The number of benzene rings is 1. The van der Waals surface area contributed by atoms with Gasteiger partial charge >= 0.3 is 0 Å². The first-order chi connectivity index (χ1) is 10.2. The fourth-order valence-electron chi connectivity index (χ4n) is 2.25. The van der Waals surface area contributed by atoms with Crippen molar-refractivity contribution < 1.29 is 4.42 Å². The van der Waals surface area contributed by atoms with E-state index < -0.39 is 0 Å². The second-order valence-corrected chi connectivity index (χ2v) is 5.73. The van der Waals surface area contributed by atoms with Crippen LogP contribution in [0.3, 0.4) is 0 Å². The Morgan fingerprint density at radius 3 is 2.33 bits per heavy atom. The summed E-state index contributed by atoms with van der Waals surface area (Å²) in [7, 11) is 0. The van der Waals surface area contributed by atoms with Crippen LogP contribution in [0.15, 0.2) is 47.1 Å². The van der Waals surface area contributed by atoms with Gasteiger partial charge < -0.3 is 9.73 Å². The lowest BCUT2D eigenvalue weighted by Crippen LogP contribution is -2.22. The molecule has 0 radical (unpaired) electrons. The molecular weight excluding hydrogens is 260 g/mol. The van der Waals surface area contributed by atoms with Crippen LogP contribution < -0.4 is 5.32 Å². The predicted molar refractivity (Wildman–Crippen MR) is 86.9 cm³/mol. The van der Waals surface area contributed by atoms with E-state index >= 15 is 0 Å². The van der Waals surface area contributed by atoms with Gasteiger partial charge in [-0.1, -0.05) is 45.0 Å². The molecule has 0 aliphatic heterocycles. The van der Waals surface area contributed by atoms with Gasteiger partial charge in [0, 0.05) is 19.1 Å². The lowest BCUT2D eigenvalue weighted by Gasteiger charge is -2.19. The summed E-state index contributed by atoms with van der Waals surface area (Å²) in [5.41, 5.74) is 2.68. The quantitative estimate of drug-likeness (QED) is 0.800. The first-order valence-electron chi connectivity index (χ1n) is 7.73. The Hall–Kier alpha value is -1.58. The largest absolute Gasteiger partial charge is 0.468 e. The maximum absolute atomic E-state index is 5.43. The minimum atomic E-state index is 0.522. The zero-order valence-corrected chi connectivity index (χ0v) is 13.3. The average Bonchev–Trinajstić information content (AvgIpc) is 2.98. The van der Waals surface area contributed by atoms with E-state index in [-0.39, 0.29) is 0 Å². The van der Waals surface area contributed by atoms with Crippen LogP contribution >= 0.6 is 0 Å². The Morgan fingerprint density at radius 2 is 1.76 bits per heavy atom. The van der Waals surface area contributed by atoms with Crippen molar-refractivity contribution in [2.24, 2.45) is 0 Å². The van der Waals surface area contributed by atoms with Gasteiger partial charge in [0.25, 0.3) is 0 Å². The summed E-state index contributed by atoms with van der Waals surface area (Å²) in [6, 6.07) is 13.4. The third-order valence-electron chi connectivity index (χ3n) is 3.55. The minimum absolute atomic E-state index is 0.522. The van der Waals surface area contributed by atoms with Crippen molar-refractivity contribution >= 4 is 0 Å². The van der Waals surface area contributed by atoms with Crippen molar-refractivity contribution in [3.05, 3.63) is 59.5 Å². The molecule has 0 aliphatic carbocycles. The normalized spacial score (nSPS) is 11.5. The fourth-order valence-corrected chi connectivity index (χ4v) is 2.25. The summed E-state index contributed by atoms with van der Waals surface area (Å²) in [5.74, 6) is 1.02. The van der Waals surface area contributed by atoms with Crippen molar-refractivity contribution in [3.8, 4) is 0 Å². The Morgan fingerprint density at radius 1 is 1.05 bits per heavy atom. The molecule has 2 aromatic rings. The zero-order valence-electron chi connectivity index (χ0n) is 13.3. The lowest BCUT2D eigenvalue weighted by atomic mass is 10.1. The minimum Gasteiger partial charge on any atom is -0.468 e. The number of hydrogen-bond acceptors (Lipinski definition) is 3. The molecule has 0 spiro atoms. The maximum Gasteiger partial charge on any atom is 0.117 e. The number of nitrogens with one attached hydrogen (secondary N) is 1. The van der Waals surface area contributed by atoms with Crippen molar-refractivity contribution in [1.29, 1.82) is 0 Å². The maximum atomic E-state index is 5.43. The Labute approximate surface area is 128 Å². The Kier molecular flexibility index (Phi) is 6.03. The molecule has 0 aliphatic rings. The SMILES string of the molecule is CCN(Cc1ccc(CNC(C)C)cc1)Cc1ccco1. The van der Waals surface area contributed by atoms with Gasteiger partial charge in [0.05, 0.1) is 12.8 Å². The molecule has 114 valence electrons. The molecule has 2 rings (SSSR count). The summed E-state index contributed by atoms with van der Waals surface area (Å²) >= 11 is 0. The zero-order chi connectivity index (χ0) is 15.1. The summed E-state index contributed by atoms with van der Waals surface area (Å²) < 4.78 is 5.43. The van der Waals surface area contributed by atoms with Crippen molar-refractivity contribution in [1.82, 2.24) is 10.2 Å². The van der Waals surface area contributed by atoms with Crippen molar-refractivity contribution in [2.75, 3.05) is 6.54 Å². The number of rotatable bonds is 8. The van der Waals surface area contributed by atoms with E-state index in [4.69, 9.17) is 4.42 Å². The van der Waals surface area contributed by atoms with Crippen LogP contribution in [0.25, 0.3) is 0 Å². The summed E-state index contributed by atoms with van der Waals surface area (Å²) in [4.78, 5) is 2.38. The van der Waals surface area contributed by atoms with E-state index in [1.807, 2.05) is 12.1 Å². The van der Waals surface area contributed by atoms with Crippen LogP contribution in [0, 0.1) is 0 Å². The second kappa shape index (κ2) is 8.01. The van der Waals surface area contributed by atoms with Gasteiger partial charge in [0.2, 0.25) is 0 Å². The Balaban J connectivity index is 1.88. The molecule has 0 amide bonds. The molecule has 1 heterocycles. The van der Waals surface area contributed by atoms with Crippen LogP contribution in [0.2, 0.25) is 0 Å². The van der Waals surface area contributed by atoms with E-state index in [9.17, 15) is 0 Å². The first kappa shape index (κ1) is 15.8. The Bertz CT molecular complexity index is 503. The number of hydrogen-bond donors (Lipinski definition) is 1. The van der Waals surface area contributed by atoms with Crippen LogP contribution in [0.5, 0.6) is 0 Å². The molecule has 0 saturated heterocycles. The molecule has 21 heavy (non-hydrogen) atoms. The highest BCUT2D eigenvalue weighted by atomic mass is 16.3. The molecule has 1 aromatic heterocycles. The molecule has 0 saturated carbocycles. The fraction of sp³-hybridized carbons (Fsp3) is 0.444. The predicted octanol–water partition coefficient (Wildman–Crippen LogP) is 3.80. The molecule has 3 heteroatoms. The molecule has 3 nitrogen and oxygen atoms in total. The number of nitrogens with zero attached hydrogens (tertiary/aromatic N) is 1. The standard InChI is InChI=1S/C18H26N2O/c1-4-20(14-18-6-5-11-21-18)13-17-9-7-16(8-10-17)12-19-15(2)3/h5-11,15,19H,4,12-14H2,1-3H3. The molecule has 0 atom stereocenters.